The molecule has 0 bridgehead atoms. The van der Waals surface area contributed by atoms with Crippen molar-refractivity contribution in [3.8, 4) is 11.5 Å². The average Bonchev–Trinajstić information content (AvgIpc) is 2.87. The molecule has 0 saturated heterocycles. The first-order valence-corrected chi connectivity index (χ1v) is 13.3. The van der Waals surface area contributed by atoms with Gasteiger partial charge in [-0.1, -0.05) is 54.4 Å². The number of azo groups is 1. The van der Waals surface area contributed by atoms with Crippen molar-refractivity contribution in [2.24, 2.45) is 10.2 Å². The molecule has 0 aliphatic rings. The zero-order chi connectivity index (χ0) is 27.6. The summed E-state index contributed by atoms with van der Waals surface area (Å²) in [6.45, 7) is 1.81. The fourth-order valence-electron chi connectivity index (χ4n) is 3.79. The monoisotopic (exact) mass is 573 g/mol. The van der Waals surface area contributed by atoms with Gasteiger partial charge in [0.25, 0.3) is 16.0 Å². The van der Waals surface area contributed by atoms with E-state index in [-0.39, 0.29) is 22.0 Å². The molecule has 4 rings (SSSR count). The Labute approximate surface area is 228 Å². The Bertz CT molecular complexity index is 1710. The molecule has 12 heteroatoms. The number of carbonyl (C=O) groups is 1. The molecule has 0 saturated carbocycles. The Hall–Kier alpha value is -3.70. The minimum absolute atomic E-state index is 0.0776. The van der Waals surface area contributed by atoms with Crippen molar-refractivity contribution in [2.75, 3.05) is 12.4 Å². The molecule has 0 unspecified atom stereocenters. The van der Waals surface area contributed by atoms with Crippen LogP contribution in [0.25, 0.3) is 10.8 Å². The van der Waals surface area contributed by atoms with Crippen molar-refractivity contribution in [2.45, 2.75) is 18.2 Å². The first-order valence-electron chi connectivity index (χ1n) is 11.1. The molecule has 0 aliphatic carbocycles. The van der Waals surface area contributed by atoms with Crippen LogP contribution in [0.15, 0.2) is 75.8 Å². The molecule has 0 radical (unpaired) electrons. The van der Waals surface area contributed by atoms with Crippen LogP contribution in [-0.2, 0) is 16.5 Å². The molecule has 0 aliphatic heterocycles. The van der Waals surface area contributed by atoms with Gasteiger partial charge in [-0.2, -0.15) is 8.42 Å². The van der Waals surface area contributed by atoms with Crippen molar-refractivity contribution in [1.29, 1.82) is 0 Å². The highest BCUT2D eigenvalue weighted by molar-refractivity contribution is 7.86. The van der Waals surface area contributed by atoms with Crippen LogP contribution in [0, 0.1) is 0 Å². The molecular weight excluding hydrogens is 553 g/mol. The molecule has 0 atom stereocenters. The number of rotatable bonds is 7. The summed E-state index contributed by atoms with van der Waals surface area (Å²) in [7, 11) is -3.23. The molecule has 196 valence electrons. The number of hydrogen-bond acceptors (Lipinski definition) is 7. The van der Waals surface area contributed by atoms with E-state index in [0.29, 0.717) is 39.2 Å². The van der Waals surface area contributed by atoms with Crippen LogP contribution in [0.4, 0.5) is 17.1 Å². The van der Waals surface area contributed by atoms with Crippen LogP contribution < -0.4 is 10.1 Å². The van der Waals surface area contributed by atoms with Gasteiger partial charge in [0.05, 0.1) is 12.7 Å². The fraction of sp³-hybridized carbons (Fsp3) is 0.115. The van der Waals surface area contributed by atoms with E-state index in [1.165, 1.54) is 25.3 Å². The second-order valence-corrected chi connectivity index (χ2v) is 10.3. The summed E-state index contributed by atoms with van der Waals surface area (Å²) in [6.07, 6.45) is 0.464. The maximum absolute atomic E-state index is 13.2. The van der Waals surface area contributed by atoms with E-state index < -0.39 is 26.7 Å². The van der Waals surface area contributed by atoms with E-state index in [1.807, 2.05) is 6.92 Å². The molecule has 9 nitrogen and oxygen atoms in total. The van der Waals surface area contributed by atoms with Gasteiger partial charge in [0.15, 0.2) is 5.75 Å². The standard InChI is InChI=1S/C26H21Cl2N3O6S/c1-3-14-9-22(23(13-21(14)28)38(34,35)36)30-31-24-19-7-5-4-6-15(19)8-20(25(24)32)26(33)29-17-10-16(27)11-18(12-17)37-2/h4-13,32H,3H2,1-2H3,(H,29,33)(H,34,35,36). The summed E-state index contributed by atoms with van der Waals surface area (Å²) in [5.74, 6) is -0.724. The first kappa shape index (κ1) is 27.3. The summed E-state index contributed by atoms with van der Waals surface area (Å²) in [6, 6.07) is 15.4. The van der Waals surface area contributed by atoms with E-state index in [4.69, 9.17) is 27.9 Å². The van der Waals surface area contributed by atoms with Crippen LogP contribution in [0.5, 0.6) is 11.5 Å². The lowest BCUT2D eigenvalue weighted by molar-refractivity contribution is 0.102. The van der Waals surface area contributed by atoms with Gasteiger partial charge in [-0.15, -0.1) is 10.2 Å². The molecule has 0 aromatic heterocycles. The molecule has 3 N–H and O–H groups in total. The quantitative estimate of drug-likeness (QED) is 0.156. The number of anilines is 1. The summed E-state index contributed by atoms with van der Waals surface area (Å²) < 4.78 is 38.8. The second-order valence-electron chi connectivity index (χ2n) is 8.12. The van der Waals surface area contributed by atoms with Gasteiger partial charge < -0.3 is 15.2 Å². The zero-order valence-electron chi connectivity index (χ0n) is 20.1. The van der Waals surface area contributed by atoms with Crippen LogP contribution >= 0.6 is 23.2 Å². The van der Waals surface area contributed by atoms with E-state index in [1.54, 1.807) is 36.4 Å². The van der Waals surface area contributed by atoms with Crippen molar-refractivity contribution in [3.05, 3.63) is 81.8 Å². The Morgan fingerprint density at radius 2 is 1.79 bits per heavy atom. The van der Waals surface area contributed by atoms with Gasteiger partial charge in [0.1, 0.15) is 22.0 Å². The van der Waals surface area contributed by atoms with E-state index in [9.17, 15) is 22.9 Å². The Kier molecular flexibility index (Phi) is 7.89. The van der Waals surface area contributed by atoms with Crippen molar-refractivity contribution < 1.29 is 27.6 Å². The number of methoxy groups -OCH3 is 1. The number of ether oxygens (including phenoxy) is 1. The van der Waals surface area contributed by atoms with Gasteiger partial charge in [-0.3, -0.25) is 9.35 Å². The van der Waals surface area contributed by atoms with Crippen molar-refractivity contribution >= 4 is 67.1 Å². The number of phenols is 1. The summed E-state index contributed by atoms with van der Waals surface area (Å²) in [5.41, 5.74) is 0.537. The van der Waals surface area contributed by atoms with Crippen molar-refractivity contribution in [1.82, 2.24) is 0 Å². The number of carbonyl (C=O) groups excluding carboxylic acids is 1. The molecule has 0 spiro atoms. The topological polar surface area (TPSA) is 138 Å². The highest BCUT2D eigenvalue weighted by Crippen LogP contribution is 2.41. The molecule has 0 fully saturated rings. The lowest BCUT2D eigenvalue weighted by Gasteiger charge is -2.12. The van der Waals surface area contributed by atoms with E-state index >= 15 is 0 Å². The number of fused-ring (bicyclic) bond motifs is 1. The number of hydrogen-bond donors (Lipinski definition) is 3. The third-order valence-corrected chi connectivity index (χ3v) is 7.10. The van der Waals surface area contributed by atoms with E-state index in [0.717, 1.165) is 6.07 Å². The fourth-order valence-corrected chi connectivity index (χ4v) is 5.01. The SMILES string of the molecule is CCc1cc(N=Nc2c(O)c(C(=O)Nc3cc(Cl)cc(OC)c3)cc3ccccc23)c(S(=O)(=O)O)cc1Cl. The second kappa shape index (κ2) is 11.0. The summed E-state index contributed by atoms with van der Waals surface area (Å²) >= 11 is 12.2. The lowest BCUT2D eigenvalue weighted by atomic mass is 10.0. The third-order valence-electron chi connectivity index (χ3n) is 5.65. The van der Waals surface area contributed by atoms with Gasteiger partial charge in [-0.25, -0.2) is 0 Å². The average molecular weight is 574 g/mol. The summed E-state index contributed by atoms with van der Waals surface area (Å²) in [4.78, 5) is 12.6. The Morgan fingerprint density at radius 3 is 2.47 bits per heavy atom. The molecular formula is C26H21Cl2N3O6S. The maximum atomic E-state index is 13.2. The summed E-state index contributed by atoms with van der Waals surface area (Å²) in [5, 5.41) is 23.4. The number of aromatic hydroxyl groups is 1. The zero-order valence-corrected chi connectivity index (χ0v) is 22.4. The third kappa shape index (κ3) is 5.73. The molecule has 4 aromatic rings. The Balaban J connectivity index is 1.84. The Morgan fingerprint density at radius 1 is 1.05 bits per heavy atom. The number of amides is 1. The first-order chi connectivity index (χ1) is 18.0. The van der Waals surface area contributed by atoms with Gasteiger partial charge in [0.2, 0.25) is 0 Å². The molecule has 1 amide bonds. The van der Waals surface area contributed by atoms with Crippen LogP contribution in [0.3, 0.4) is 0 Å². The molecule has 0 heterocycles. The predicted octanol–water partition coefficient (Wildman–Crippen LogP) is 7.34. The highest BCUT2D eigenvalue weighted by Gasteiger charge is 2.21. The highest BCUT2D eigenvalue weighted by atomic mass is 35.5. The predicted molar refractivity (Wildman–Crippen MR) is 146 cm³/mol. The molecule has 4 aromatic carbocycles. The van der Waals surface area contributed by atoms with E-state index in [2.05, 4.69) is 15.5 Å². The largest absolute Gasteiger partial charge is 0.505 e. The van der Waals surface area contributed by atoms with Crippen LogP contribution in [0.2, 0.25) is 10.0 Å². The number of phenolic OH excluding ortho intramolecular Hbond substituents is 1. The lowest BCUT2D eigenvalue weighted by Crippen LogP contribution is -2.12. The maximum Gasteiger partial charge on any atom is 0.296 e. The molecule has 38 heavy (non-hydrogen) atoms. The normalized spacial score (nSPS) is 11.7. The van der Waals surface area contributed by atoms with Gasteiger partial charge >= 0.3 is 0 Å². The van der Waals surface area contributed by atoms with Gasteiger partial charge in [-0.05, 0) is 47.7 Å². The van der Waals surface area contributed by atoms with Crippen LogP contribution in [-0.4, -0.2) is 31.1 Å². The number of nitrogens with one attached hydrogen (secondary N) is 1. The number of halogens is 2. The van der Waals surface area contributed by atoms with Crippen LogP contribution in [0.1, 0.15) is 22.8 Å². The number of benzene rings is 4. The van der Waals surface area contributed by atoms with Gasteiger partial charge in [0, 0.05) is 27.2 Å². The van der Waals surface area contributed by atoms with Crippen molar-refractivity contribution in [3.63, 3.8) is 0 Å². The minimum atomic E-state index is -4.69. The smallest absolute Gasteiger partial charge is 0.296 e. The minimum Gasteiger partial charge on any atom is -0.505 e. The number of nitrogens with zero attached hydrogens (tertiary/aromatic N) is 2. The number of aryl methyl sites for hydroxylation is 1.